The van der Waals surface area contributed by atoms with Crippen molar-refractivity contribution in [1.82, 2.24) is 5.32 Å². The van der Waals surface area contributed by atoms with Gasteiger partial charge in [0.1, 0.15) is 5.75 Å². The highest BCUT2D eigenvalue weighted by molar-refractivity contribution is 9.10. The van der Waals surface area contributed by atoms with E-state index in [4.69, 9.17) is 4.74 Å². The third-order valence-electron chi connectivity index (χ3n) is 3.95. The molecule has 1 heterocycles. The van der Waals surface area contributed by atoms with E-state index in [2.05, 4.69) is 27.3 Å². The van der Waals surface area contributed by atoms with Crippen LogP contribution < -0.4 is 10.1 Å². The average Bonchev–Trinajstić information content (AvgIpc) is 2.65. The molecule has 0 fully saturated rings. The van der Waals surface area contributed by atoms with Crippen LogP contribution in [0.1, 0.15) is 17.9 Å². The van der Waals surface area contributed by atoms with Gasteiger partial charge in [0.25, 0.3) is 0 Å². The first-order valence-corrected chi connectivity index (χ1v) is 9.95. The predicted octanol–water partition coefficient (Wildman–Crippen LogP) is 4.60. The third-order valence-corrected chi connectivity index (χ3v) is 5.42. The fourth-order valence-corrected chi connectivity index (χ4v) is 4.08. The lowest BCUT2D eigenvalue weighted by molar-refractivity contribution is -0.120. The summed E-state index contributed by atoms with van der Waals surface area (Å²) in [6, 6.07) is 19.6. The van der Waals surface area contributed by atoms with Crippen LogP contribution in [0.25, 0.3) is 0 Å². The smallest absolute Gasteiger partial charge is 0.225 e. The highest BCUT2D eigenvalue weighted by Gasteiger charge is 2.29. The Balaban J connectivity index is 1.71. The minimum atomic E-state index is -0.219. The van der Waals surface area contributed by atoms with Gasteiger partial charge in [-0.3, -0.25) is 4.79 Å². The van der Waals surface area contributed by atoms with Crippen LogP contribution in [0.3, 0.4) is 0 Å². The maximum absolute atomic E-state index is 12.1. The van der Waals surface area contributed by atoms with Gasteiger partial charge in [-0.2, -0.15) is 5.26 Å². The van der Waals surface area contributed by atoms with E-state index < -0.39 is 0 Å². The van der Waals surface area contributed by atoms with Gasteiger partial charge in [-0.1, -0.05) is 46.3 Å². The Morgan fingerprint density at radius 3 is 2.77 bits per heavy atom. The molecule has 0 saturated heterocycles. The molecule has 1 amide bonds. The second-order valence-corrected chi connectivity index (χ2v) is 7.75. The van der Waals surface area contributed by atoms with Crippen LogP contribution in [-0.4, -0.2) is 18.3 Å². The van der Waals surface area contributed by atoms with Gasteiger partial charge in [0.2, 0.25) is 5.91 Å². The number of benzene rings is 2. The molecule has 1 N–H and O–H groups in total. The van der Waals surface area contributed by atoms with Crippen molar-refractivity contribution < 1.29 is 9.53 Å². The number of ether oxygens (including phenoxy) is 1. The summed E-state index contributed by atoms with van der Waals surface area (Å²) in [5.74, 6) is 1.16. The summed E-state index contributed by atoms with van der Waals surface area (Å²) in [6.45, 7) is 0.494. The number of para-hydroxylation sites is 1. The van der Waals surface area contributed by atoms with Gasteiger partial charge in [0, 0.05) is 22.6 Å². The molecule has 2 aromatic carbocycles. The van der Waals surface area contributed by atoms with Crippen molar-refractivity contribution in [1.29, 1.82) is 5.26 Å². The number of rotatable bonds is 6. The number of amides is 1. The van der Waals surface area contributed by atoms with Crippen LogP contribution in [0.4, 0.5) is 0 Å². The molecule has 132 valence electrons. The largest absolute Gasteiger partial charge is 0.493 e. The fraction of sp³-hybridized carbons (Fsp3) is 0.200. The molecule has 0 aliphatic carbocycles. The quantitative estimate of drug-likeness (QED) is 0.682. The zero-order valence-corrected chi connectivity index (χ0v) is 16.3. The number of halogens is 1. The molecule has 0 saturated carbocycles. The van der Waals surface area contributed by atoms with E-state index in [1.165, 1.54) is 11.8 Å². The number of hydrogen-bond donors (Lipinski definition) is 1. The monoisotopic (exact) mass is 428 g/mol. The molecule has 0 bridgehead atoms. The van der Waals surface area contributed by atoms with Gasteiger partial charge in [0.05, 0.1) is 23.3 Å². The Bertz CT molecular complexity index is 862. The Morgan fingerprint density at radius 1 is 1.23 bits per heavy atom. The highest BCUT2D eigenvalue weighted by Crippen LogP contribution is 2.36. The molecule has 0 radical (unpaired) electrons. The maximum Gasteiger partial charge on any atom is 0.225 e. The van der Waals surface area contributed by atoms with E-state index in [1.807, 2.05) is 54.6 Å². The lowest BCUT2D eigenvalue weighted by atomic mass is 9.87. The van der Waals surface area contributed by atoms with Crippen LogP contribution >= 0.6 is 27.7 Å². The summed E-state index contributed by atoms with van der Waals surface area (Å²) in [5, 5.41) is 13.1. The molecule has 0 unspecified atom stereocenters. The van der Waals surface area contributed by atoms with E-state index in [9.17, 15) is 10.1 Å². The third kappa shape index (κ3) is 4.69. The number of nitrogens with one attached hydrogen (secondary N) is 1. The van der Waals surface area contributed by atoms with Crippen LogP contribution in [0.5, 0.6) is 5.75 Å². The lowest BCUT2D eigenvalue weighted by Crippen LogP contribution is -2.31. The molecule has 1 aliphatic rings. The van der Waals surface area contributed by atoms with Crippen molar-refractivity contribution in [2.24, 2.45) is 0 Å². The first-order chi connectivity index (χ1) is 12.7. The number of carbonyl (C=O) groups excluding carboxylic acids is 1. The van der Waals surface area contributed by atoms with Crippen LogP contribution in [0.15, 0.2) is 69.7 Å². The summed E-state index contributed by atoms with van der Waals surface area (Å²) in [5.41, 5.74) is 1.57. The van der Waals surface area contributed by atoms with Gasteiger partial charge in [-0.25, -0.2) is 0 Å². The van der Waals surface area contributed by atoms with Crippen molar-refractivity contribution in [3.05, 3.63) is 75.2 Å². The fourth-order valence-electron chi connectivity index (χ4n) is 2.76. The van der Waals surface area contributed by atoms with Crippen LogP contribution in [0.2, 0.25) is 0 Å². The number of allylic oxidation sites excluding steroid dienone is 1. The number of nitrogens with zero attached hydrogens (tertiary/aromatic N) is 1. The summed E-state index contributed by atoms with van der Waals surface area (Å²) >= 11 is 4.90. The minimum Gasteiger partial charge on any atom is -0.493 e. The molecule has 6 heteroatoms. The molecular formula is C20H17BrN2O2S. The normalized spacial score (nSPS) is 16.8. The second-order valence-electron chi connectivity index (χ2n) is 5.72. The van der Waals surface area contributed by atoms with Gasteiger partial charge < -0.3 is 10.1 Å². The zero-order chi connectivity index (χ0) is 18.4. The van der Waals surface area contributed by atoms with E-state index in [0.717, 1.165) is 15.8 Å². The van der Waals surface area contributed by atoms with Crippen LogP contribution in [-0.2, 0) is 4.79 Å². The molecule has 26 heavy (non-hydrogen) atoms. The predicted molar refractivity (Wildman–Crippen MR) is 107 cm³/mol. The molecule has 3 rings (SSSR count). The minimum absolute atomic E-state index is 0.0690. The van der Waals surface area contributed by atoms with E-state index in [1.54, 1.807) is 0 Å². The van der Waals surface area contributed by atoms with E-state index >= 15 is 0 Å². The Hall–Kier alpha value is -2.23. The zero-order valence-electron chi connectivity index (χ0n) is 13.9. The Labute approximate surface area is 165 Å². The summed E-state index contributed by atoms with van der Waals surface area (Å²) < 4.78 is 6.61. The van der Waals surface area contributed by atoms with Crippen molar-refractivity contribution in [2.75, 3.05) is 12.4 Å². The molecule has 0 spiro atoms. The first-order valence-electron chi connectivity index (χ1n) is 8.17. The van der Waals surface area contributed by atoms with Gasteiger partial charge >= 0.3 is 0 Å². The Morgan fingerprint density at radius 2 is 2.04 bits per heavy atom. The van der Waals surface area contributed by atoms with Crippen molar-refractivity contribution in [2.45, 2.75) is 12.3 Å². The maximum atomic E-state index is 12.1. The number of hydrogen-bond acceptors (Lipinski definition) is 4. The molecule has 1 aliphatic heterocycles. The van der Waals surface area contributed by atoms with Crippen molar-refractivity contribution in [3.8, 4) is 11.8 Å². The second kappa shape index (κ2) is 8.93. The number of thioether (sulfide) groups is 1. The Kier molecular flexibility index (Phi) is 6.37. The first kappa shape index (κ1) is 18.6. The van der Waals surface area contributed by atoms with E-state index in [0.29, 0.717) is 23.0 Å². The summed E-state index contributed by atoms with van der Waals surface area (Å²) in [6.07, 6.45) is 0.282. The molecular weight excluding hydrogens is 412 g/mol. The van der Waals surface area contributed by atoms with E-state index in [-0.39, 0.29) is 18.2 Å². The van der Waals surface area contributed by atoms with Crippen molar-refractivity contribution in [3.63, 3.8) is 0 Å². The number of carbonyl (C=O) groups is 1. The topological polar surface area (TPSA) is 62.1 Å². The van der Waals surface area contributed by atoms with Gasteiger partial charge in [-0.05, 0) is 29.8 Å². The summed E-state index contributed by atoms with van der Waals surface area (Å²) in [4.78, 5) is 12.1. The average molecular weight is 429 g/mol. The molecule has 0 aromatic heterocycles. The standard InChI is InChI=1S/C20H17BrN2O2S/c21-15-6-4-5-14(11-15)17-12-19(24)23-20(18(17)13-22)26-10-9-25-16-7-2-1-3-8-16/h1-8,11,17H,9-10,12H2,(H,23,24)/t17-/m1/s1. The van der Waals surface area contributed by atoms with Gasteiger partial charge in [-0.15, -0.1) is 11.8 Å². The molecule has 1 atom stereocenters. The van der Waals surface area contributed by atoms with Crippen LogP contribution in [0, 0.1) is 11.3 Å². The highest BCUT2D eigenvalue weighted by atomic mass is 79.9. The molecule has 4 nitrogen and oxygen atoms in total. The lowest BCUT2D eigenvalue weighted by Gasteiger charge is -2.25. The summed E-state index contributed by atoms with van der Waals surface area (Å²) in [7, 11) is 0. The molecule has 2 aromatic rings. The van der Waals surface area contributed by atoms with Gasteiger partial charge in [0.15, 0.2) is 0 Å². The number of nitriles is 1. The SMILES string of the molecule is N#CC1=C(SCCOc2ccccc2)NC(=O)C[C@@H]1c1cccc(Br)c1. The van der Waals surface area contributed by atoms with Crippen molar-refractivity contribution >= 4 is 33.6 Å².